The van der Waals surface area contributed by atoms with Crippen molar-refractivity contribution in [3.05, 3.63) is 17.2 Å². The zero-order valence-electron chi connectivity index (χ0n) is 14.3. The van der Waals surface area contributed by atoms with Crippen LogP contribution in [0.25, 0.3) is 10.2 Å². The molecule has 116 valence electrons. The van der Waals surface area contributed by atoms with Crippen LogP contribution < -0.4 is 10.1 Å². The predicted octanol–water partition coefficient (Wildman–Crippen LogP) is 4.94. The van der Waals surface area contributed by atoms with Crippen molar-refractivity contribution in [2.75, 3.05) is 19.5 Å². The Kier molecular flexibility index (Phi) is 3.96. The summed E-state index contributed by atoms with van der Waals surface area (Å²) in [6.45, 7) is 13.3. The van der Waals surface area contributed by atoms with Crippen LogP contribution in [0.3, 0.4) is 0 Å². The summed E-state index contributed by atoms with van der Waals surface area (Å²) in [6, 6.07) is 2.18. The van der Waals surface area contributed by atoms with Crippen LogP contribution in [0, 0.1) is 0 Å². The fraction of sp³-hybridized carbons (Fsp3) is 0.588. The molecule has 2 aromatic rings. The normalized spacial score (nSPS) is 12.8. The fourth-order valence-electron chi connectivity index (χ4n) is 2.61. The number of thiazole rings is 1. The molecule has 1 N–H and O–H groups in total. The highest BCUT2D eigenvalue weighted by atomic mass is 32.1. The Labute approximate surface area is 131 Å². The molecule has 0 aliphatic rings. The lowest BCUT2D eigenvalue weighted by Gasteiger charge is -2.29. The van der Waals surface area contributed by atoms with E-state index in [4.69, 9.17) is 9.72 Å². The van der Waals surface area contributed by atoms with E-state index in [0.717, 1.165) is 16.4 Å². The molecule has 0 aliphatic heterocycles. The number of hydrogen-bond acceptors (Lipinski definition) is 4. The van der Waals surface area contributed by atoms with Crippen molar-refractivity contribution in [1.29, 1.82) is 0 Å². The highest BCUT2D eigenvalue weighted by Crippen LogP contribution is 2.46. The van der Waals surface area contributed by atoms with Gasteiger partial charge < -0.3 is 10.1 Å². The average Bonchev–Trinajstić information content (AvgIpc) is 2.76. The van der Waals surface area contributed by atoms with E-state index in [1.807, 2.05) is 7.05 Å². The van der Waals surface area contributed by atoms with Crippen molar-refractivity contribution in [2.45, 2.75) is 52.4 Å². The molecule has 1 aromatic carbocycles. The smallest absolute Gasteiger partial charge is 0.183 e. The molecular formula is C17H26N2OS. The first-order valence-electron chi connectivity index (χ1n) is 7.30. The van der Waals surface area contributed by atoms with E-state index in [-0.39, 0.29) is 10.8 Å². The topological polar surface area (TPSA) is 34.2 Å². The summed E-state index contributed by atoms with van der Waals surface area (Å²) in [7, 11) is 3.68. The van der Waals surface area contributed by atoms with E-state index in [2.05, 4.69) is 52.9 Å². The van der Waals surface area contributed by atoms with Crippen molar-refractivity contribution in [3.63, 3.8) is 0 Å². The Hall–Kier alpha value is -1.29. The molecule has 0 aliphatic carbocycles. The molecule has 0 amide bonds. The summed E-state index contributed by atoms with van der Waals surface area (Å²) < 4.78 is 7.06. The second-order valence-corrected chi connectivity index (χ2v) is 8.45. The highest BCUT2D eigenvalue weighted by Gasteiger charge is 2.30. The van der Waals surface area contributed by atoms with Gasteiger partial charge in [0.25, 0.3) is 0 Å². The minimum atomic E-state index is 0.00238. The number of rotatable bonds is 2. The van der Waals surface area contributed by atoms with E-state index in [0.29, 0.717) is 0 Å². The van der Waals surface area contributed by atoms with Crippen molar-refractivity contribution in [1.82, 2.24) is 4.98 Å². The molecule has 0 unspecified atom stereocenters. The van der Waals surface area contributed by atoms with Gasteiger partial charge in [-0.05, 0) is 16.9 Å². The molecule has 3 nitrogen and oxygen atoms in total. The first kappa shape index (κ1) is 16.1. The summed E-state index contributed by atoms with van der Waals surface area (Å²) >= 11 is 1.70. The molecule has 0 atom stereocenters. The number of anilines is 1. The number of aromatic nitrogens is 1. The number of fused-ring (bicyclic) bond motifs is 1. The van der Waals surface area contributed by atoms with Crippen LogP contribution in [0.1, 0.15) is 52.7 Å². The molecule has 1 heterocycles. The number of ether oxygens (including phenoxy) is 1. The van der Waals surface area contributed by atoms with Gasteiger partial charge in [-0.25, -0.2) is 4.98 Å². The Morgan fingerprint density at radius 1 is 1.10 bits per heavy atom. The third-order valence-electron chi connectivity index (χ3n) is 3.61. The first-order valence-corrected chi connectivity index (χ1v) is 8.11. The number of methoxy groups -OCH3 is 1. The van der Waals surface area contributed by atoms with Gasteiger partial charge in [-0.2, -0.15) is 0 Å². The molecular weight excluding hydrogens is 280 g/mol. The summed E-state index contributed by atoms with van der Waals surface area (Å²) in [5.74, 6) is 1.01. The monoisotopic (exact) mass is 306 g/mol. The van der Waals surface area contributed by atoms with Gasteiger partial charge in [-0.1, -0.05) is 52.9 Å². The van der Waals surface area contributed by atoms with E-state index in [1.165, 1.54) is 15.8 Å². The molecule has 4 heteroatoms. The van der Waals surface area contributed by atoms with Crippen molar-refractivity contribution in [3.8, 4) is 5.75 Å². The minimum Gasteiger partial charge on any atom is -0.496 e. The lowest BCUT2D eigenvalue weighted by molar-refractivity contribution is 0.383. The van der Waals surface area contributed by atoms with Crippen LogP contribution in [0.4, 0.5) is 5.13 Å². The SMILES string of the molecule is CNc1nc2cc(C(C)(C)C)c(OC)c(C(C)(C)C)c2s1. The van der Waals surface area contributed by atoms with Crippen molar-refractivity contribution >= 4 is 26.7 Å². The average molecular weight is 306 g/mol. The molecule has 0 bridgehead atoms. The zero-order valence-corrected chi connectivity index (χ0v) is 15.2. The maximum absolute atomic E-state index is 5.84. The Morgan fingerprint density at radius 3 is 2.14 bits per heavy atom. The van der Waals surface area contributed by atoms with Crippen LogP contribution in [0.2, 0.25) is 0 Å². The molecule has 2 rings (SSSR count). The summed E-state index contributed by atoms with van der Waals surface area (Å²) in [4.78, 5) is 4.71. The largest absolute Gasteiger partial charge is 0.496 e. The van der Waals surface area contributed by atoms with E-state index in [9.17, 15) is 0 Å². The van der Waals surface area contributed by atoms with E-state index < -0.39 is 0 Å². The molecule has 0 spiro atoms. The summed E-state index contributed by atoms with van der Waals surface area (Å²) in [6.07, 6.45) is 0. The van der Waals surface area contributed by atoms with Crippen LogP contribution >= 0.6 is 11.3 Å². The van der Waals surface area contributed by atoms with Crippen LogP contribution in [0.5, 0.6) is 5.75 Å². The van der Waals surface area contributed by atoms with Gasteiger partial charge in [-0.15, -0.1) is 0 Å². The second-order valence-electron chi connectivity index (χ2n) is 7.45. The lowest BCUT2D eigenvalue weighted by atomic mass is 9.79. The molecule has 0 saturated carbocycles. The predicted molar refractivity (Wildman–Crippen MR) is 93.1 cm³/mol. The van der Waals surface area contributed by atoms with Crippen molar-refractivity contribution in [2.24, 2.45) is 0 Å². The Balaban J connectivity index is 2.94. The molecule has 0 radical (unpaired) electrons. The maximum atomic E-state index is 5.84. The number of nitrogens with one attached hydrogen (secondary N) is 1. The molecule has 0 fully saturated rings. The lowest BCUT2D eigenvalue weighted by Crippen LogP contribution is -2.19. The van der Waals surface area contributed by atoms with Crippen LogP contribution in [-0.2, 0) is 10.8 Å². The minimum absolute atomic E-state index is 0.00238. The quantitative estimate of drug-likeness (QED) is 0.853. The van der Waals surface area contributed by atoms with Crippen molar-refractivity contribution < 1.29 is 4.74 Å². The van der Waals surface area contributed by atoms with Gasteiger partial charge in [0.1, 0.15) is 5.75 Å². The Morgan fingerprint density at radius 2 is 1.71 bits per heavy atom. The number of hydrogen-bond donors (Lipinski definition) is 1. The molecule has 21 heavy (non-hydrogen) atoms. The van der Waals surface area contributed by atoms with E-state index >= 15 is 0 Å². The summed E-state index contributed by atoms with van der Waals surface area (Å²) in [5.41, 5.74) is 3.55. The molecule has 1 aromatic heterocycles. The molecule has 0 saturated heterocycles. The van der Waals surface area contributed by atoms with Gasteiger partial charge in [0.15, 0.2) is 5.13 Å². The third-order valence-corrected chi connectivity index (χ3v) is 4.72. The van der Waals surface area contributed by atoms with E-state index in [1.54, 1.807) is 18.4 Å². The van der Waals surface area contributed by atoms with Gasteiger partial charge in [0.05, 0.1) is 17.3 Å². The zero-order chi connectivity index (χ0) is 16.0. The van der Waals surface area contributed by atoms with Crippen LogP contribution in [-0.4, -0.2) is 19.1 Å². The van der Waals surface area contributed by atoms with Gasteiger partial charge in [-0.3, -0.25) is 0 Å². The standard InChI is InChI=1S/C17H26N2OS/c1-16(2,3)10-9-11-14(21-15(18-7)19-11)12(13(10)20-8)17(4,5)6/h9H,1-8H3,(H,18,19). The second kappa shape index (κ2) is 5.16. The van der Waals surface area contributed by atoms with Gasteiger partial charge in [0.2, 0.25) is 0 Å². The van der Waals surface area contributed by atoms with Gasteiger partial charge in [0, 0.05) is 18.2 Å². The third kappa shape index (κ3) is 2.86. The first-order chi connectivity index (χ1) is 9.59. The van der Waals surface area contributed by atoms with Crippen LogP contribution in [0.15, 0.2) is 6.07 Å². The maximum Gasteiger partial charge on any atom is 0.183 e. The number of nitrogens with zero attached hydrogens (tertiary/aromatic N) is 1. The summed E-state index contributed by atoms with van der Waals surface area (Å²) in [5, 5.41) is 4.11. The van der Waals surface area contributed by atoms with Gasteiger partial charge >= 0.3 is 0 Å². The Bertz CT molecular complexity index is 660. The highest BCUT2D eigenvalue weighted by molar-refractivity contribution is 7.22. The fourth-order valence-corrected chi connectivity index (χ4v) is 3.76. The number of benzene rings is 1.